The molecule has 2 nitrogen and oxygen atoms in total. The SMILES string of the molecule is c1csc(C2=NN=C(c3cccs3)[C@@H]3C[C@H]23)c1. The zero-order valence-electron chi connectivity index (χ0n) is 9.04. The van der Waals surface area contributed by atoms with Crippen LogP contribution in [0.25, 0.3) is 0 Å². The summed E-state index contributed by atoms with van der Waals surface area (Å²) in [5.74, 6) is 1.23. The molecule has 1 saturated carbocycles. The first-order valence-corrected chi connectivity index (χ1v) is 7.42. The van der Waals surface area contributed by atoms with Gasteiger partial charge in [-0.3, -0.25) is 0 Å². The van der Waals surface area contributed by atoms with Gasteiger partial charge in [0.25, 0.3) is 0 Å². The molecule has 17 heavy (non-hydrogen) atoms. The topological polar surface area (TPSA) is 24.7 Å². The molecule has 0 unspecified atom stereocenters. The van der Waals surface area contributed by atoms with Crippen LogP contribution in [0.2, 0.25) is 0 Å². The molecule has 4 rings (SSSR count). The molecule has 0 spiro atoms. The summed E-state index contributed by atoms with van der Waals surface area (Å²) in [7, 11) is 0. The Morgan fingerprint density at radius 3 is 1.82 bits per heavy atom. The van der Waals surface area contributed by atoms with Crippen molar-refractivity contribution in [3.05, 3.63) is 44.8 Å². The predicted octanol–water partition coefficient (Wildman–Crippen LogP) is 3.65. The second-order valence-corrected chi connectivity index (χ2v) is 6.27. The quantitative estimate of drug-likeness (QED) is 0.785. The van der Waals surface area contributed by atoms with Crippen molar-refractivity contribution in [2.24, 2.45) is 22.0 Å². The van der Waals surface area contributed by atoms with Crippen molar-refractivity contribution >= 4 is 34.1 Å². The van der Waals surface area contributed by atoms with Crippen molar-refractivity contribution in [3.63, 3.8) is 0 Å². The summed E-state index contributed by atoms with van der Waals surface area (Å²) in [6, 6.07) is 8.45. The molecule has 3 heterocycles. The minimum Gasteiger partial charge on any atom is -0.154 e. The Morgan fingerprint density at radius 1 is 0.882 bits per heavy atom. The maximum Gasteiger partial charge on any atom is 0.0840 e. The summed E-state index contributed by atoms with van der Waals surface area (Å²) in [5, 5.41) is 13.1. The fraction of sp³-hybridized carbons (Fsp3) is 0.231. The summed E-state index contributed by atoms with van der Waals surface area (Å²) in [4.78, 5) is 2.57. The molecular formula is C13H10N2S2. The van der Waals surface area contributed by atoms with Crippen LogP contribution in [0.5, 0.6) is 0 Å². The monoisotopic (exact) mass is 258 g/mol. The summed E-state index contributed by atoms with van der Waals surface area (Å²) in [6.07, 6.45) is 1.22. The molecule has 84 valence electrons. The highest BCUT2D eigenvalue weighted by Gasteiger charge is 2.48. The van der Waals surface area contributed by atoms with E-state index in [-0.39, 0.29) is 0 Å². The van der Waals surface area contributed by atoms with Crippen LogP contribution in [0.4, 0.5) is 0 Å². The van der Waals surface area contributed by atoms with Gasteiger partial charge in [0.2, 0.25) is 0 Å². The van der Waals surface area contributed by atoms with Gasteiger partial charge in [-0.05, 0) is 29.3 Å². The molecule has 0 bridgehead atoms. The van der Waals surface area contributed by atoms with Crippen LogP contribution >= 0.6 is 22.7 Å². The van der Waals surface area contributed by atoms with E-state index in [0.29, 0.717) is 11.8 Å². The standard InChI is InChI=1S/C13H10N2S2/c1-3-10(16-5-1)12-8-7-9(8)13(15-14-12)11-4-2-6-17-11/h1-6,8-9H,7H2/t8-,9+. The molecule has 0 radical (unpaired) electrons. The molecule has 1 fully saturated rings. The van der Waals surface area contributed by atoms with Gasteiger partial charge in [-0.1, -0.05) is 12.1 Å². The summed E-state index contributed by atoms with van der Waals surface area (Å²) in [5.41, 5.74) is 2.40. The predicted molar refractivity (Wildman–Crippen MR) is 73.3 cm³/mol. The van der Waals surface area contributed by atoms with E-state index in [9.17, 15) is 0 Å². The molecule has 0 amide bonds. The summed E-state index contributed by atoms with van der Waals surface area (Å²) in [6.45, 7) is 0. The van der Waals surface area contributed by atoms with Crippen molar-refractivity contribution in [1.82, 2.24) is 0 Å². The highest BCUT2D eigenvalue weighted by molar-refractivity contribution is 7.12. The van der Waals surface area contributed by atoms with E-state index >= 15 is 0 Å². The molecule has 2 aliphatic rings. The van der Waals surface area contributed by atoms with Gasteiger partial charge in [-0.2, -0.15) is 10.2 Å². The fourth-order valence-corrected chi connectivity index (χ4v) is 3.92. The highest BCUT2D eigenvalue weighted by Crippen LogP contribution is 2.47. The van der Waals surface area contributed by atoms with E-state index in [1.165, 1.54) is 27.6 Å². The van der Waals surface area contributed by atoms with Crippen LogP contribution in [0.3, 0.4) is 0 Å². The Balaban J connectivity index is 1.75. The molecule has 2 aromatic heterocycles. The Labute approximate surface area is 107 Å². The second kappa shape index (κ2) is 3.62. The van der Waals surface area contributed by atoms with Gasteiger partial charge in [0.05, 0.1) is 21.2 Å². The molecule has 0 saturated heterocycles. The number of thiophene rings is 2. The lowest BCUT2D eigenvalue weighted by molar-refractivity contribution is 1.01. The molecule has 4 heteroatoms. The maximum atomic E-state index is 4.45. The van der Waals surface area contributed by atoms with Crippen LogP contribution in [-0.4, -0.2) is 11.4 Å². The second-order valence-electron chi connectivity index (χ2n) is 4.37. The summed E-state index contributed by atoms with van der Waals surface area (Å²) < 4.78 is 0. The lowest BCUT2D eigenvalue weighted by Crippen LogP contribution is -2.13. The fourth-order valence-electron chi connectivity index (χ4n) is 2.37. The number of nitrogens with zero attached hydrogens (tertiary/aromatic N) is 2. The van der Waals surface area contributed by atoms with E-state index in [4.69, 9.17) is 0 Å². The van der Waals surface area contributed by atoms with Crippen molar-refractivity contribution < 1.29 is 0 Å². The van der Waals surface area contributed by atoms with Crippen LogP contribution in [0, 0.1) is 11.8 Å². The van der Waals surface area contributed by atoms with E-state index < -0.39 is 0 Å². The van der Waals surface area contributed by atoms with Crippen LogP contribution < -0.4 is 0 Å². The average Bonchev–Trinajstić information content (AvgIpc) is 2.84. The van der Waals surface area contributed by atoms with Gasteiger partial charge in [0.1, 0.15) is 0 Å². The normalized spacial score (nSPS) is 26.1. The third kappa shape index (κ3) is 1.51. The minimum absolute atomic E-state index is 0.614. The maximum absolute atomic E-state index is 4.45. The van der Waals surface area contributed by atoms with Gasteiger partial charge >= 0.3 is 0 Å². The summed E-state index contributed by atoms with van der Waals surface area (Å²) >= 11 is 3.52. The van der Waals surface area contributed by atoms with Crippen molar-refractivity contribution in [3.8, 4) is 0 Å². The number of rotatable bonds is 2. The number of hydrogen-bond donors (Lipinski definition) is 0. The van der Waals surface area contributed by atoms with Crippen molar-refractivity contribution in [2.75, 3.05) is 0 Å². The Hall–Kier alpha value is -1.26. The first-order valence-electron chi connectivity index (χ1n) is 5.66. The number of fused-ring (bicyclic) bond motifs is 1. The zero-order chi connectivity index (χ0) is 11.2. The third-order valence-corrected chi connectivity index (χ3v) is 5.09. The zero-order valence-corrected chi connectivity index (χ0v) is 10.7. The van der Waals surface area contributed by atoms with Crippen LogP contribution in [0.15, 0.2) is 45.2 Å². The molecule has 0 N–H and O–H groups in total. The van der Waals surface area contributed by atoms with E-state index in [1.807, 2.05) is 0 Å². The van der Waals surface area contributed by atoms with E-state index in [2.05, 4.69) is 45.2 Å². The van der Waals surface area contributed by atoms with E-state index in [1.54, 1.807) is 22.7 Å². The molecule has 2 aromatic rings. The molecule has 1 aliphatic carbocycles. The first kappa shape index (κ1) is 9.74. The third-order valence-electron chi connectivity index (χ3n) is 3.31. The Bertz CT molecular complexity index is 539. The highest BCUT2D eigenvalue weighted by atomic mass is 32.1. The first-order chi connectivity index (χ1) is 8.43. The van der Waals surface area contributed by atoms with Crippen molar-refractivity contribution in [1.29, 1.82) is 0 Å². The molecular weight excluding hydrogens is 248 g/mol. The van der Waals surface area contributed by atoms with E-state index in [0.717, 1.165) is 0 Å². The lowest BCUT2D eigenvalue weighted by Gasteiger charge is -2.08. The van der Waals surface area contributed by atoms with Gasteiger partial charge in [-0.15, -0.1) is 22.7 Å². The van der Waals surface area contributed by atoms with Gasteiger partial charge in [-0.25, -0.2) is 0 Å². The van der Waals surface area contributed by atoms with Crippen molar-refractivity contribution in [2.45, 2.75) is 6.42 Å². The van der Waals surface area contributed by atoms with Gasteiger partial charge < -0.3 is 0 Å². The smallest absolute Gasteiger partial charge is 0.0840 e. The van der Waals surface area contributed by atoms with Crippen LogP contribution in [-0.2, 0) is 0 Å². The average molecular weight is 258 g/mol. The molecule has 2 atom stereocenters. The Morgan fingerprint density at radius 2 is 1.41 bits per heavy atom. The largest absolute Gasteiger partial charge is 0.154 e. The Kier molecular flexibility index (Phi) is 2.07. The number of hydrogen-bond acceptors (Lipinski definition) is 4. The van der Waals surface area contributed by atoms with Gasteiger partial charge in [0.15, 0.2) is 0 Å². The minimum atomic E-state index is 0.614. The van der Waals surface area contributed by atoms with Gasteiger partial charge in [0, 0.05) is 11.8 Å². The lowest BCUT2D eigenvalue weighted by atomic mass is 10.1. The molecule has 0 aromatic carbocycles. The van der Waals surface area contributed by atoms with Crippen LogP contribution in [0.1, 0.15) is 16.2 Å². The molecule has 1 aliphatic heterocycles.